The summed E-state index contributed by atoms with van der Waals surface area (Å²) in [6, 6.07) is 21.6. The smallest absolute Gasteiger partial charge is 0.227 e. The van der Waals surface area contributed by atoms with E-state index in [0.717, 1.165) is 25.2 Å². The first kappa shape index (κ1) is 23.1. The van der Waals surface area contributed by atoms with Gasteiger partial charge in [-0.15, -0.1) is 0 Å². The minimum atomic E-state index is -0.144. The van der Waals surface area contributed by atoms with Gasteiger partial charge in [0.25, 0.3) is 0 Å². The summed E-state index contributed by atoms with van der Waals surface area (Å²) >= 11 is 0. The van der Waals surface area contributed by atoms with Crippen LogP contribution < -0.4 is 10.2 Å². The van der Waals surface area contributed by atoms with Crippen LogP contribution in [0.15, 0.2) is 60.7 Å². The van der Waals surface area contributed by atoms with Gasteiger partial charge in [0.1, 0.15) is 0 Å². The molecule has 0 aliphatic heterocycles. The Kier molecular flexibility index (Phi) is 10.1. The van der Waals surface area contributed by atoms with Crippen LogP contribution in [-0.2, 0) is 16.1 Å². The third kappa shape index (κ3) is 8.46. The summed E-state index contributed by atoms with van der Waals surface area (Å²) in [6.45, 7) is 2.67. The number of nitrogens with one attached hydrogen (secondary N) is 1. The Hall–Kier alpha value is -3.17. The van der Waals surface area contributed by atoms with E-state index in [0.29, 0.717) is 13.1 Å². The van der Waals surface area contributed by atoms with Crippen LogP contribution in [-0.4, -0.2) is 43.4 Å². The van der Waals surface area contributed by atoms with Crippen molar-refractivity contribution >= 4 is 17.5 Å². The molecular weight excluding hydrogens is 376 g/mol. The first-order valence-corrected chi connectivity index (χ1v) is 10.3. The lowest BCUT2D eigenvalue weighted by Gasteiger charge is -2.21. The van der Waals surface area contributed by atoms with Crippen molar-refractivity contribution in [2.75, 3.05) is 31.6 Å². The molecule has 30 heavy (non-hydrogen) atoms. The Morgan fingerprint density at radius 3 is 2.30 bits per heavy atom. The molecule has 6 nitrogen and oxygen atoms in total. The zero-order chi connectivity index (χ0) is 21.6. The van der Waals surface area contributed by atoms with Crippen molar-refractivity contribution in [2.24, 2.45) is 0 Å². The zero-order valence-corrected chi connectivity index (χ0v) is 17.6. The molecule has 0 aliphatic rings. The SMILES string of the molecule is CN(CCCNC(=O)CCC(=O)N(CCC#N)c1ccccc1)Cc1ccccc1. The van der Waals surface area contributed by atoms with Gasteiger partial charge in [0.05, 0.1) is 12.5 Å². The van der Waals surface area contributed by atoms with Crippen LogP contribution in [0.4, 0.5) is 5.69 Å². The number of para-hydroxylation sites is 1. The highest BCUT2D eigenvalue weighted by molar-refractivity contribution is 5.95. The van der Waals surface area contributed by atoms with Crippen LogP contribution in [0, 0.1) is 11.3 Å². The molecule has 2 amide bonds. The summed E-state index contributed by atoms with van der Waals surface area (Å²) in [5, 5.41) is 11.7. The Morgan fingerprint density at radius 1 is 0.967 bits per heavy atom. The molecule has 0 aromatic heterocycles. The minimum Gasteiger partial charge on any atom is -0.356 e. The van der Waals surface area contributed by atoms with Crippen molar-refractivity contribution in [3.8, 4) is 6.07 Å². The molecule has 0 saturated heterocycles. The number of hydrogen-bond donors (Lipinski definition) is 1. The number of rotatable bonds is 12. The van der Waals surface area contributed by atoms with Gasteiger partial charge in [0.2, 0.25) is 11.8 Å². The Balaban J connectivity index is 1.67. The first-order valence-electron chi connectivity index (χ1n) is 10.3. The number of carbonyl (C=O) groups excluding carboxylic acids is 2. The van der Waals surface area contributed by atoms with E-state index in [1.54, 1.807) is 4.90 Å². The molecule has 0 atom stereocenters. The second-order valence-corrected chi connectivity index (χ2v) is 7.22. The van der Waals surface area contributed by atoms with Crippen molar-refractivity contribution in [1.29, 1.82) is 5.26 Å². The average molecular weight is 407 g/mol. The molecule has 2 aromatic rings. The Bertz CT molecular complexity index is 818. The van der Waals surface area contributed by atoms with E-state index in [1.165, 1.54) is 5.56 Å². The van der Waals surface area contributed by atoms with Gasteiger partial charge >= 0.3 is 0 Å². The number of nitrogens with zero attached hydrogens (tertiary/aromatic N) is 3. The van der Waals surface area contributed by atoms with Crippen LogP contribution in [0.1, 0.15) is 31.2 Å². The maximum Gasteiger partial charge on any atom is 0.227 e. The second kappa shape index (κ2) is 13.1. The monoisotopic (exact) mass is 406 g/mol. The summed E-state index contributed by atoms with van der Waals surface area (Å²) in [6.07, 6.45) is 1.37. The van der Waals surface area contributed by atoms with E-state index in [-0.39, 0.29) is 31.1 Å². The van der Waals surface area contributed by atoms with Crippen molar-refractivity contribution in [3.63, 3.8) is 0 Å². The number of hydrogen-bond acceptors (Lipinski definition) is 4. The minimum absolute atomic E-state index is 0.123. The van der Waals surface area contributed by atoms with E-state index < -0.39 is 0 Å². The molecule has 1 N–H and O–H groups in total. The maximum atomic E-state index is 12.6. The van der Waals surface area contributed by atoms with Gasteiger partial charge in [-0.1, -0.05) is 48.5 Å². The predicted molar refractivity (Wildman–Crippen MR) is 119 cm³/mol. The lowest BCUT2D eigenvalue weighted by molar-refractivity contribution is -0.125. The van der Waals surface area contributed by atoms with Crippen molar-refractivity contribution in [3.05, 3.63) is 66.2 Å². The molecule has 0 saturated carbocycles. The van der Waals surface area contributed by atoms with Gasteiger partial charge in [-0.2, -0.15) is 5.26 Å². The molecule has 6 heteroatoms. The highest BCUT2D eigenvalue weighted by Crippen LogP contribution is 2.15. The maximum absolute atomic E-state index is 12.6. The molecule has 0 heterocycles. The largest absolute Gasteiger partial charge is 0.356 e. The fourth-order valence-corrected chi connectivity index (χ4v) is 3.16. The van der Waals surface area contributed by atoms with E-state index >= 15 is 0 Å². The first-order chi connectivity index (χ1) is 14.6. The lowest BCUT2D eigenvalue weighted by atomic mass is 10.2. The van der Waals surface area contributed by atoms with E-state index in [1.807, 2.05) is 48.5 Å². The summed E-state index contributed by atoms with van der Waals surface area (Å²) in [7, 11) is 2.06. The number of carbonyl (C=O) groups is 2. The number of anilines is 1. The topological polar surface area (TPSA) is 76.4 Å². The third-order valence-electron chi connectivity index (χ3n) is 4.72. The molecule has 0 fully saturated rings. The highest BCUT2D eigenvalue weighted by atomic mass is 16.2. The van der Waals surface area contributed by atoms with Gasteiger partial charge < -0.3 is 15.1 Å². The molecule has 0 unspecified atom stereocenters. The highest BCUT2D eigenvalue weighted by Gasteiger charge is 2.16. The standard InChI is InChI=1S/C24H30N4O2/c1-27(20-21-10-4-2-5-11-21)18-9-17-26-23(29)14-15-24(30)28(19-8-16-25)22-12-6-3-7-13-22/h2-7,10-13H,8-9,14-15,17-20H2,1H3,(H,26,29). The van der Waals surface area contributed by atoms with Crippen LogP contribution in [0.3, 0.4) is 0 Å². The summed E-state index contributed by atoms with van der Waals surface area (Å²) in [5.41, 5.74) is 2.02. The fraction of sp³-hybridized carbons (Fsp3) is 0.375. The lowest BCUT2D eigenvalue weighted by Crippen LogP contribution is -2.33. The quantitative estimate of drug-likeness (QED) is 0.549. The molecule has 2 rings (SSSR count). The van der Waals surface area contributed by atoms with Gasteiger partial charge in [-0.05, 0) is 37.7 Å². The van der Waals surface area contributed by atoms with Crippen molar-refractivity contribution in [2.45, 2.75) is 32.2 Å². The van der Waals surface area contributed by atoms with Gasteiger partial charge in [0.15, 0.2) is 0 Å². The summed E-state index contributed by atoms with van der Waals surface area (Å²) < 4.78 is 0. The summed E-state index contributed by atoms with van der Waals surface area (Å²) in [4.78, 5) is 28.5. The molecule has 158 valence electrons. The number of nitriles is 1. The molecule has 0 bridgehead atoms. The predicted octanol–water partition coefficient (Wildman–Crippen LogP) is 3.35. The van der Waals surface area contributed by atoms with E-state index in [9.17, 15) is 9.59 Å². The average Bonchev–Trinajstić information content (AvgIpc) is 2.77. The fourth-order valence-electron chi connectivity index (χ4n) is 3.16. The van der Waals surface area contributed by atoms with Crippen LogP contribution in [0.2, 0.25) is 0 Å². The molecule has 0 aliphatic carbocycles. The van der Waals surface area contributed by atoms with Crippen molar-refractivity contribution in [1.82, 2.24) is 10.2 Å². The second-order valence-electron chi connectivity index (χ2n) is 7.22. The Morgan fingerprint density at radius 2 is 1.63 bits per heavy atom. The van der Waals surface area contributed by atoms with E-state index in [2.05, 4.69) is 35.5 Å². The molecular formula is C24H30N4O2. The van der Waals surface area contributed by atoms with Crippen molar-refractivity contribution < 1.29 is 9.59 Å². The summed E-state index contributed by atoms with van der Waals surface area (Å²) in [5.74, 6) is -0.267. The zero-order valence-electron chi connectivity index (χ0n) is 17.6. The molecule has 0 radical (unpaired) electrons. The van der Waals surface area contributed by atoms with E-state index in [4.69, 9.17) is 5.26 Å². The molecule has 2 aromatic carbocycles. The molecule has 0 spiro atoms. The van der Waals surface area contributed by atoms with Crippen LogP contribution in [0.5, 0.6) is 0 Å². The third-order valence-corrected chi connectivity index (χ3v) is 4.72. The van der Waals surface area contributed by atoms with Gasteiger partial charge in [-0.3, -0.25) is 9.59 Å². The normalized spacial score (nSPS) is 10.4. The van der Waals surface area contributed by atoms with Crippen LogP contribution in [0.25, 0.3) is 0 Å². The van der Waals surface area contributed by atoms with Crippen LogP contribution >= 0.6 is 0 Å². The number of benzene rings is 2. The van der Waals surface area contributed by atoms with Gasteiger partial charge in [0, 0.05) is 38.2 Å². The Labute approximate surface area is 179 Å². The number of amides is 2. The van der Waals surface area contributed by atoms with Gasteiger partial charge in [-0.25, -0.2) is 0 Å².